The Hall–Kier alpha value is -0.773. The lowest BCUT2D eigenvalue weighted by atomic mass is 10.0. The van der Waals surface area contributed by atoms with Crippen molar-refractivity contribution in [3.8, 4) is 5.75 Å². The first kappa shape index (κ1) is 16.6. The number of rotatable bonds is 5. The third-order valence-electron chi connectivity index (χ3n) is 3.51. The lowest BCUT2D eigenvalue weighted by molar-refractivity contribution is 0.0284. The quantitative estimate of drug-likeness (QED) is 0.535. The van der Waals surface area contributed by atoms with Crippen LogP contribution >= 0.6 is 11.6 Å². The molecule has 2 rings (SSSR count). The first-order chi connectivity index (χ1) is 10.1. The number of ether oxygens (including phenoxy) is 1. The number of hydrogen-bond acceptors (Lipinski definition) is 2. The maximum Gasteiger partial charge on any atom is 0.274 e. The summed E-state index contributed by atoms with van der Waals surface area (Å²) in [6.07, 6.45) is 10.7. The Morgan fingerprint density at radius 1 is 1.19 bits per heavy atom. The van der Waals surface area contributed by atoms with E-state index in [1.54, 1.807) is 0 Å². The molecule has 0 aromatic heterocycles. The molecule has 0 bridgehead atoms. The molecule has 1 unspecified atom stereocenters. The van der Waals surface area contributed by atoms with Gasteiger partial charge in [0.2, 0.25) is 0 Å². The highest BCUT2D eigenvalue weighted by Crippen LogP contribution is 2.27. The van der Waals surface area contributed by atoms with Crippen molar-refractivity contribution in [2.45, 2.75) is 57.9 Å². The molecule has 0 saturated carbocycles. The maximum absolute atomic E-state index is 6.27. The van der Waals surface area contributed by atoms with Gasteiger partial charge < -0.3 is 9.16 Å². The van der Waals surface area contributed by atoms with Crippen LogP contribution in [0.4, 0.5) is 0 Å². The Morgan fingerprint density at radius 2 is 2.00 bits per heavy atom. The van der Waals surface area contributed by atoms with E-state index in [1.165, 1.54) is 12.8 Å². The van der Waals surface area contributed by atoms with Gasteiger partial charge in [-0.25, -0.2) is 0 Å². The second-order valence-corrected chi connectivity index (χ2v) is 8.12. The van der Waals surface area contributed by atoms with Crippen molar-refractivity contribution >= 4 is 20.6 Å². The van der Waals surface area contributed by atoms with Crippen molar-refractivity contribution in [2.24, 2.45) is 0 Å². The summed E-state index contributed by atoms with van der Waals surface area (Å²) in [4.78, 5) is 0. The second-order valence-electron chi connectivity index (χ2n) is 5.69. The van der Waals surface area contributed by atoms with E-state index >= 15 is 0 Å². The van der Waals surface area contributed by atoms with Gasteiger partial charge in [0.1, 0.15) is 5.75 Å². The van der Waals surface area contributed by atoms with Crippen LogP contribution in [0.15, 0.2) is 30.4 Å². The average Bonchev–Trinajstić information content (AvgIpc) is 2.40. The molecule has 4 heteroatoms. The maximum atomic E-state index is 6.27. The molecular formula is C17H24ClO2Si. The van der Waals surface area contributed by atoms with Gasteiger partial charge in [-0.2, -0.15) is 0 Å². The highest BCUT2D eigenvalue weighted by Gasteiger charge is 2.11. The van der Waals surface area contributed by atoms with Crippen molar-refractivity contribution in [3.63, 3.8) is 0 Å². The Balaban J connectivity index is 1.87. The highest BCUT2D eigenvalue weighted by atomic mass is 35.5. The zero-order valence-electron chi connectivity index (χ0n) is 12.9. The predicted octanol–water partition coefficient (Wildman–Crippen LogP) is 5.38. The van der Waals surface area contributed by atoms with Gasteiger partial charge in [-0.05, 0) is 62.9 Å². The predicted molar refractivity (Wildman–Crippen MR) is 90.4 cm³/mol. The fraction of sp³-hybridized carbons (Fsp3) is 0.529. The molecular weight excluding hydrogens is 300 g/mol. The van der Waals surface area contributed by atoms with Crippen molar-refractivity contribution in [3.05, 3.63) is 40.9 Å². The summed E-state index contributed by atoms with van der Waals surface area (Å²) in [7, 11) is -0.780. The monoisotopic (exact) mass is 323 g/mol. The standard InChI is InChI=1S/C17H24ClO2Si/c1-21(2)20-17-11-10-14(12-16(17)18)13-19-15-8-6-4-3-5-7-9-15/h3-4,10-12,15H,5-9,13H2,1-2H3. The minimum absolute atomic E-state index is 0.366. The molecule has 1 aromatic carbocycles. The summed E-state index contributed by atoms with van der Waals surface area (Å²) in [6.45, 7) is 4.83. The van der Waals surface area contributed by atoms with Crippen LogP contribution < -0.4 is 4.43 Å². The van der Waals surface area contributed by atoms with Crippen LogP contribution in [0.25, 0.3) is 0 Å². The molecule has 21 heavy (non-hydrogen) atoms. The van der Waals surface area contributed by atoms with Crippen LogP contribution in [0.5, 0.6) is 5.75 Å². The van der Waals surface area contributed by atoms with E-state index in [9.17, 15) is 0 Å². The minimum atomic E-state index is -0.780. The van der Waals surface area contributed by atoms with Crippen LogP contribution in [0, 0.1) is 0 Å². The number of benzene rings is 1. The molecule has 1 atom stereocenters. The lowest BCUT2D eigenvalue weighted by Gasteiger charge is -2.19. The zero-order chi connectivity index (χ0) is 15.1. The molecule has 0 fully saturated rings. The molecule has 0 N–H and O–H groups in total. The van der Waals surface area contributed by atoms with E-state index in [2.05, 4.69) is 31.3 Å². The number of halogens is 1. The Labute approximate surface area is 134 Å². The lowest BCUT2D eigenvalue weighted by Crippen LogP contribution is -2.14. The molecule has 0 amide bonds. The molecule has 115 valence electrons. The van der Waals surface area contributed by atoms with Crippen LogP contribution in [-0.2, 0) is 11.3 Å². The summed E-state index contributed by atoms with van der Waals surface area (Å²) in [5, 5.41) is 0.683. The topological polar surface area (TPSA) is 18.5 Å². The van der Waals surface area contributed by atoms with E-state index in [0.29, 0.717) is 17.7 Å². The minimum Gasteiger partial charge on any atom is -0.542 e. The van der Waals surface area contributed by atoms with Crippen LogP contribution in [0.3, 0.4) is 0 Å². The Bertz CT molecular complexity index is 474. The smallest absolute Gasteiger partial charge is 0.274 e. The molecule has 1 aliphatic rings. The normalized spacial score (nSPS) is 19.3. The zero-order valence-corrected chi connectivity index (χ0v) is 14.7. The average molecular weight is 324 g/mol. The van der Waals surface area contributed by atoms with Gasteiger partial charge >= 0.3 is 0 Å². The van der Waals surface area contributed by atoms with Gasteiger partial charge in [0.25, 0.3) is 9.04 Å². The largest absolute Gasteiger partial charge is 0.542 e. The summed E-state index contributed by atoms with van der Waals surface area (Å²) >= 11 is 6.27. The summed E-state index contributed by atoms with van der Waals surface area (Å²) in [6, 6.07) is 5.97. The van der Waals surface area contributed by atoms with Crippen LogP contribution in [0.2, 0.25) is 18.1 Å². The highest BCUT2D eigenvalue weighted by molar-refractivity contribution is 6.49. The van der Waals surface area contributed by atoms with Crippen molar-refractivity contribution in [1.29, 1.82) is 0 Å². The molecule has 0 spiro atoms. The SMILES string of the molecule is C[Si](C)Oc1ccc(COC2CCC=CCCC2)cc1Cl. The Morgan fingerprint density at radius 3 is 2.76 bits per heavy atom. The van der Waals surface area contributed by atoms with Gasteiger partial charge in [-0.15, -0.1) is 0 Å². The third-order valence-corrected chi connectivity index (χ3v) is 4.44. The van der Waals surface area contributed by atoms with Gasteiger partial charge in [-0.3, -0.25) is 0 Å². The first-order valence-corrected chi connectivity index (χ1v) is 10.5. The van der Waals surface area contributed by atoms with Gasteiger partial charge in [0.05, 0.1) is 17.7 Å². The molecule has 2 nitrogen and oxygen atoms in total. The van der Waals surface area contributed by atoms with E-state index in [0.717, 1.165) is 30.6 Å². The van der Waals surface area contributed by atoms with Gasteiger partial charge in [0.15, 0.2) is 0 Å². The summed E-state index contributed by atoms with van der Waals surface area (Å²) in [5.41, 5.74) is 1.12. The van der Waals surface area contributed by atoms with Gasteiger partial charge in [-0.1, -0.05) is 29.8 Å². The van der Waals surface area contributed by atoms with E-state index in [-0.39, 0.29) is 0 Å². The van der Waals surface area contributed by atoms with Crippen LogP contribution in [-0.4, -0.2) is 15.1 Å². The molecule has 1 radical (unpaired) electrons. The number of hydrogen-bond donors (Lipinski definition) is 0. The molecule has 0 heterocycles. The first-order valence-electron chi connectivity index (χ1n) is 7.68. The molecule has 1 aliphatic carbocycles. The summed E-state index contributed by atoms with van der Waals surface area (Å²) in [5.74, 6) is 0.787. The van der Waals surface area contributed by atoms with Crippen molar-refractivity contribution in [1.82, 2.24) is 0 Å². The van der Waals surface area contributed by atoms with Crippen molar-refractivity contribution < 1.29 is 9.16 Å². The fourth-order valence-electron chi connectivity index (χ4n) is 2.44. The van der Waals surface area contributed by atoms with E-state index < -0.39 is 9.04 Å². The van der Waals surface area contributed by atoms with Gasteiger partial charge in [0, 0.05) is 0 Å². The van der Waals surface area contributed by atoms with Crippen LogP contribution in [0.1, 0.15) is 37.7 Å². The molecule has 0 saturated heterocycles. The van der Waals surface area contributed by atoms with E-state index in [4.69, 9.17) is 20.8 Å². The number of allylic oxidation sites excluding steroid dienone is 2. The van der Waals surface area contributed by atoms with Crippen molar-refractivity contribution in [2.75, 3.05) is 0 Å². The second kappa shape index (κ2) is 8.62. The third kappa shape index (κ3) is 5.85. The Kier molecular flexibility index (Phi) is 6.81. The summed E-state index contributed by atoms with van der Waals surface area (Å²) < 4.78 is 11.8. The fourth-order valence-corrected chi connectivity index (χ4v) is 3.37. The molecule has 0 aliphatic heterocycles. The molecule has 1 aromatic rings. The van der Waals surface area contributed by atoms with E-state index in [1.807, 2.05) is 12.1 Å².